The molecule has 1 amide bonds. The van der Waals surface area contributed by atoms with Crippen LogP contribution in [-0.2, 0) is 0 Å². The van der Waals surface area contributed by atoms with E-state index in [1.54, 1.807) is 6.20 Å². The third-order valence-electron chi connectivity index (χ3n) is 4.35. The van der Waals surface area contributed by atoms with E-state index in [1.165, 1.54) is 13.0 Å². The van der Waals surface area contributed by atoms with E-state index >= 15 is 0 Å². The van der Waals surface area contributed by atoms with Gasteiger partial charge >= 0.3 is 0 Å². The summed E-state index contributed by atoms with van der Waals surface area (Å²) in [7, 11) is 0. The lowest BCUT2D eigenvalue weighted by Crippen LogP contribution is -2.43. The van der Waals surface area contributed by atoms with Crippen LogP contribution in [0.1, 0.15) is 16.8 Å². The number of carbonyl (C=O) groups excluding carboxylic acids is 1. The first-order chi connectivity index (χ1) is 9.29. The Hall–Kier alpha value is -1.88. The molecule has 0 spiro atoms. The van der Waals surface area contributed by atoms with Gasteiger partial charge in [0.2, 0.25) is 0 Å². The van der Waals surface area contributed by atoms with Crippen molar-refractivity contribution in [2.75, 3.05) is 19.6 Å². The summed E-state index contributed by atoms with van der Waals surface area (Å²) in [4.78, 5) is 14.7. The number of hydrogen-bond acceptors (Lipinski definition) is 3. The van der Waals surface area contributed by atoms with Gasteiger partial charge < -0.3 is 10.2 Å². The lowest BCUT2D eigenvalue weighted by Gasteiger charge is -2.23. The molecule has 2 bridgehead atoms. The van der Waals surface area contributed by atoms with Crippen molar-refractivity contribution in [2.45, 2.75) is 12.5 Å². The molecule has 2 saturated heterocycles. The van der Waals surface area contributed by atoms with Gasteiger partial charge in [-0.25, -0.2) is 0 Å². The van der Waals surface area contributed by atoms with Gasteiger partial charge in [0.25, 0.3) is 5.91 Å². The molecule has 2 N–H and O–H groups in total. The highest BCUT2D eigenvalue weighted by Gasteiger charge is 2.38. The molecule has 4 rings (SSSR count). The smallest absolute Gasteiger partial charge is 0.251 e. The van der Waals surface area contributed by atoms with E-state index in [1.807, 2.05) is 18.2 Å². The number of H-pyrrole nitrogens is 1. The fraction of sp³-hybridized carbons (Fsp3) is 0.429. The van der Waals surface area contributed by atoms with Crippen molar-refractivity contribution in [3.05, 3.63) is 30.0 Å². The van der Waals surface area contributed by atoms with Crippen molar-refractivity contribution in [3.63, 3.8) is 0 Å². The molecule has 0 aliphatic carbocycles. The van der Waals surface area contributed by atoms with Crippen LogP contribution in [0.5, 0.6) is 0 Å². The highest BCUT2D eigenvalue weighted by Crippen LogP contribution is 2.28. The molecule has 19 heavy (non-hydrogen) atoms. The molecule has 5 heteroatoms. The lowest BCUT2D eigenvalue weighted by atomic mass is 9.99. The molecule has 2 aliphatic rings. The molecule has 98 valence electrons. The second-order valence-electron chi connectivity index (χ2n) is 5.56. The average Bonchev–Trinajstić information content (AvgIpc) is 3.13. The summed E-state index contributed by atoms with van der Waals surface area (Å²) in [6.45, 7) is 3.34. The molecule has 2 fully saturated rings. The summed E-state index contributed by atoms with van der Waals surface area (Å²) in [5.41, 5.74) is 1.61. The van der Waals surface area contributed by atoms with Crippen LogP contribution in [0.2, 0.25) is 0 Å². The minimum Gasteiger partial charge on any atom is -0.348 e. The van der Waals surface area contributed by atoms with Crippen molar-refractivity contribution in [3.8, 4) is 0 Å². The highest BCUT2D eigenvalue weighted by atomic mass is 16.1. The van der Waals surface area contributed by atoms with Gasteiger partial charge in [0, 0.05) is 30.1 Å². The van der Waals surface area contributed by atoms with E-state index < -0.39 is 0 Å². The Morgan fingerprint density at radius 2 is 2.37 bits per heavy atom. The molecular formula is C14H16N4O. The first-order valence-corrected chi connectivity index (χ1v) is 6.76. The van der Waals surface area contributed by atoms with Gasteiger partial charge in [-0.3, -0.25) is 9.89 Å². The van der Waals surface area contributed by atoms with Gasteiger partial charge in [-0.15, -0.1) is 0 Å². The number of rotatable bonds is 2. The standard InChI is InChI=1S/C14H16N4O/c19-14(16-13-8-18-4-3-11(13)7-18)9-1-2-10-6-15-17-12(10)5-9/h1-2,5-6,11,13H,3-4,7-8H2,(H,15,17)(H,16,19)/t11-,13-/m0/s1. The van der Waals surface area contributed by atoms with E-state index in [2.05, 4.69) is 20.4 Å². The topological polar surface area (TPSA) is 61.0 Å². The second kappa shape index (κ2) is 4.06. The Labute approximate surface area is 111 Å². The minimum absolute atomic E-state index is 0.0234. The number of benzene rings is 1. The van der Waals surface area contributed by atoms with Crippen molar-refractivity contribution in [2.24, 2.45) is 5.92 Å². The number of carbonyl (C=O) groups is 1. The summed E-state index contributed by atoms with van der Waals surface area (Å²) in [5, 5.41) is 11.1. The maximum Gasteiger partial charge on any atom is 0.251 e. The first kappa shape index (κ1) is 11.0. The lowest BCUT2D eigenvalue weighted by molar-refractivity contribution is 0.0924. The Kier molecular flexibility index (Phi) is 2.35. The molecule has 0 radical (unpaired) electrons. The number of fused-ring (bicyclic) bond motifs is 3. The van der Waals surface area contributed by atoms with E-state index in [-0.39, 0.29) is 5.91 Å². The van der Waals surface area contributed by atoms with Gasteiger partial charge in [-0.05, 0) is 31.0 Å². The van der Waals surface area contributed by atoms with E-state index in [0.29, 0.717) is 17.5 Å². The second-order valence-corrected chi connectivity index (χ2v) is 5.56. The number of aromatic amines is 1. The van der Waals surface area contributed by atoms with Crippen LogP contribution in [0.15, 0.2) is 24.4 Å². The SMILES string of the molecule is O=C(N[C@H]1CN2CC[C@H]1C2)c1ccc2cn[nH]c2c1. The van der Waals surface area contributed by atoms with Crippen LogP contribution in [0.25, 0.3) is 10.9 Å². The summed E-state index contributed by atoms with van der Waals surface area (Å²) >= 11 is 0. The molecule has 1 unspecified atom stereocenters. The average molecular weight is 256 g/mol. The quantitative estimate of drug-likeness (QED) is 0.842. The van der Waals surface area contributed by atoms with Crippen molar-refractivity contribution in [1.82, 2.24) is 20.4 Å². The van der Waals surface area contributed by atoms with Crippen LogP contribution >= 0.6 is 0 Å². The number of piperidine rings is 1. The predicted molar refractivity (Wildman–Crippen MR) is 71.9 cm³/mol. The number of aromatic nitrogens is 2. The Bertz CT molecular complexity index is 635. The van der Waals surface area contributed by atoms with Crippen LogP contribution in [0, 0.1) is 5.92 Å². The first-order valence-electron chi connectivity index (χ1n) is 6.76. The number of nitrogens with zero attached hydrogens (tertiary/aromatic N) is 2. The zero-order valence-electron chi connectivity index (χ0n) is 10.6. The maximum atomic E-state index is 12.3. The van der Waals surface area contributed by atoms with Gasteiger partial charge in [0.05, 0.1) is 11.7 Å². The molecule has 3 heterocycles. The monoisotopic (exact) mass is 256 g/mol. The normalized spacial score (nSPS) is 28.9. The fourth-order valence-corrected chi connectivity index (χ4v) is 3.28. The van der Waals surface area contributed by atoms with Crippen molar-refractivity contribution < 1.29 is 4.79 Å². The van der Waals surface area contributed by atoms with Gasteiger partial charge in [-0.2, -0.15) is 5.10 Å². The maximum absolute atomic E-state index is 12.3. The third-order valence-corrected chi connectivity index (χ3v) is 4.35. The number of amides is 1. The Morgan fingerprint density at radius 1 is 1.42 bits per heavy atom. The fourth-order valence-electron chi connectivity index (χ4n) is 3.28. The molecule has 1 aromatic carbocycles. The van der Waals surface area contributed by atoms with Crippen LogP contribution in [0.4, 0.5) is 0 Å². The summed E-state index contributed by atoms with van der Waals surface area (Å²) in [6.07, 6.45) is 2.98. The Morgan fingerprint density at radius 3 is 3.16 bits per heavy atom. The minimum atomic E-state index is 0.0234. The largest absolute Gasteiger partial charge is 0.348 e. The Balaban J connectivity index is 1.53. The van der Waals surface area contributed by atoms with Crippen molar-refractivity contribution in [1.29, 1.82) is 0 Å². The predicted octanol–water partition coefficient (Wildman–Crippen LogP) is 0.997. The molecule has 5 nitrogen and oxygen atoms in total. The molecule has 1 aromatic heterocycles. The third kappa shape index (κ3) is 1.81. The summed E-state index contributed by atoms with van der Waals surface area (Å²) in [5.74, 6) is 0.662. The van der Waals surface area contributed by atoms with E-state index in [0.717, 1.165) is 24.0 Å². The van der Waals surface area contributed by atoms with Gasteiger partial charge in [0.15, 0.2) is 0 Å². The summed E-state index contributed by atoms with van der Waals surface area (Å²) < 4.78 is 0. The number of hydrogen-bond donors (Lipinski definition) is 2. The highest BCUT2D eigenvalue weighted by molar-refractivity contribution is 5.97. The molecule has 2 aromatic rings. The molecule has 2 aliphatic heterocycles. The molecule has 0 saturated carbocycles. The van der Waals surface area contributed by atoms with Crippen LogP contribution in [0.3, 0.4) is 0 Å². The van der Waals surface area contributed by atoms with E-state index in [4.69, 9.17) is 0 Å². The van der Waals surface area contributed by atoms with Crippen molar-refractivity contribution >= 4 is 16.8 Å². The van der Waals surface area contributed by atoms with Crippen LogP contribution < -0.4 is 5.32 Å². The van der Waals surface area contributed by atoms with Gasteiger partial charge in [0.1, 0.15) is 0 Å². The number of nitrogens with one attached hydrogen (secondary N) is 2. The molecular weight excluding hydrogens is 240 g/mol. The molecule has 3 atom stereocenters. The van der Waals surface area contributed by atoms with E-state index in [9.17, 15) is 4.79 Å². The summed E-state index contributed by atoms with van der Waals surface area (Å²) in [6, 6.07) is 5.97. The zero-order chi connectivity index (χ0) is 12.8. The van der Waals surface area contributed by atoms with Crippen LogP contribution in [-0.4, -0.2) is 46.7 Å². The van der Waals surface area contributed by atoms with Gasteiger partial charge in [-0.1, -0.05) is 6.07 Å². The zero-order valence-corrected chi connectivity index (χ0v) is 10.6.